The predicted octanol–water partition coefficient (Wildman–Crippen LogP) is 5.26. The Morgan fingerprint density at radius 1 is 1.09 bits per heavy atom. The first-order valence-corrected chi connectivity index (χ1v) is 11.4. The number of hydrogen-bond acceptors (Lipinski definition) is 6. The molecule has 0 saturated carbocycles. The molecule has 2 aromatic heterocycles. The Balaban J connectivity index is 1.65. The van der Waals surface area contributed by atoms with Crippen LogP contribution in [0.1, 0.15) is 24.0 Å². The molecule has 2 aromatic carbocycles. The zero-order valence-electron chi connectivity index (χ0n) is 18.5. The summed E-state index contributed by atoms with van der Waals surface area (Å²) in [5, 5.41) is 9.73. The van der Waals surface area contributed by atoms with Crippen molar-refractivity contribution >= 4 is 34.3 Å². The summed E-state index contributed by atoms with van der Waals surface area (Å²) in [5.74, 6) is 2.00. The minimum absolute atomic E-state index is 0.0242. The third kappa shape index (κ3) is 4.38. The lowest BCUT2D eigenvalue weighted by Crippen LogP contribution is -2.25. The van der Waals surface area contributed by atoms with Crippen LogP contribution in [0.25, 0.3) is 11.3 Å². The van der Waals surface area contributed by atoms with Crippen LogP contribution in [-0.2, 0) is 4.79 Å². The van der Waals surface area contributed by atoms with Crippen molar-refractivity contribution in [3.63, 3.8) is 0 Å². The van der Waals surface area contributed by atoms with Gasteiger partial charge in [0.05, 0.1) is 17.1 Å². The van der Waals surface area contributed by atoms with Crippen LogP contribution in [0.5, 0.6) is 5.75 Å². The highest BCUT2D eigenvalue weighted by Gasteiger charge is 2.18. The van der Waals surface area contributed by atoms with Crippen molar-refractivity contribution in [2.24, 2.45) is 10.1 Å². The lowest BCUT2D eigenvalue weighted by atomic mass is 10.1. The molecule has 0 unspecified atom stereocenters. The SMILES string of the molecule is CC(=Nn1c(-c2ccc3c(c2)NC(=O)CO3)csc1=Nc1ccc(C)cc1)c1ccc(C)o1. The van der Waals surface area contributed by atoms with Crippen molar-refractivity contribution in [3.8, 4) is 17.0 Å². The predicted molar refractivity (Wildman–Crippen MR) is 129 cm³/mol. The number of rotatable bonds is 4. The lowest BCUT2D eigenvalue weighted by molar-refractivity contribution is -0.118. The average Bonchev–Trinajstić information content (AvgIpc) is 3.41. The van der Waals surface area contributed by atoms with Gasteiger partial charge in [-0.25, -0.2) is 9.67 Å². The van der Waals surface area contributed by atoms with E-state index in [9.17, 15) is 4.79 Å². The van der Waals surface area contributed by atoms with Gasteiger partial charge in [0.25, 0.3) is 5.91 Å². The molecule has 1 aliphatic heterocycles. The van der Waals surface area contributed by atoms with Crippen LogP contribution in [0, 0.1) is 13.8 Å². The minimum Gasteiger partial charge on any atom is -0.482 e. The molecule has 1 N–H and O–H groups in total. The molecule has 0 radical (unpaired) electrons. The van der Waals surface area contributed by atoms with Crippen LogP contribution in [0.15, 0.2) is 74.5 Å². The highest BCUT2D eigenvalue weighted by molar-refractivity contribution is 7.07. The third-order valence-corrected chi connectivity index (χ3v) is 6.02. The molecule has 1 amide bonds. The fraction of sp³-hybridized carbons (Fsp3) is 0.160. The maximum Gasteiger partial charge on any atom is 0.262 e. The van der Waals surface area contributed by atoms with Gasteiger partial charge in [-0.2, -0.15) is 5.10 Å². The smallest absolute Gasteiger partial charge is 0.262 e. The van der Waals surface area contributed by atoms with Gasteiger partial charge in [0.1, 0.15) is 23.0 Å². The summed E-state index contributed by atoms with van der Waals surface area (Å²) in [5.41, 5.74) is 5.11. The third-order valence-electron chi connectivity index (χ3n) is 5.20. The molecule has 33 heavy (non-hydrogen) atoms. The van der Waals surface area contributed by atoms with Crippen molar-refractivity contribution < 1.29 is 13.9 Å². The number of ether oxygens (including phenoxy) is 1. The Hall–Kier alpha value is -3.91. The van der Waals surface area contributed by atoms with Crippen molar-refractivity contribution in [3.05, 3.63) is 81.9 Å². The number of thiazole rings is 1. The van der Waals surface area contributed by atoms with E-state index in [1.807, 2.05) is 85.4 Å². The largest absolute Gasteiger partial charge is 0.482 e. The van der Waals surface area contributed by atoms with Gasteiger partial charge in [-0.15, -0.1) is 11.3 Å². The van der Waals surface area contributed by atoms with Crippen LogP contribution in [-0.4, -0.2) is 22.9 Å². The van der Waals surface area contributed by atoms with Crippen molar-refractivity contribution in [2.75, 3.05) is 11.9 Å². The maximum absolute atomic E-state index is 11.8. The summed E-state index contributed by atoms with van der Waals surface area (Å²) in [7, 11) is 0. The van der Waals surface area contributed by atoms with Gasteiger partial charge >= 0.3 is 0 Å². The van der Waals surface area contributed by atoms with E-state index in [2.05, 4.69) is 5.32 Å². The van der Waals surface area contributed by atoms with Crippen molar-refractivity contribution in [2.45, 2.75) is 20.8 Å². The summed E-state index contributed by atoms with van der Waals surface area (Å²) in [6.07, 6.45) is 0. The number of carbonyl (C=O) groups excluding carboxylic acids is 1. The topological polar surface area (TPSA) is 81.1 Å². The molecule has 4 aromatic rings. The van der Waals surface area contributed by atoms with Crippen LogP contribution < -0.4 is 14.9 Å². The second-order valence-corrected chi connectivity index (χ2v) is 8.64. The number of nitrogens with one attached hydrogen (secondary N) is 1. The first-order valence-electron chi connectivity index (χ1n) is 10.5. The molecule has 7 nitrogen and oxygen atoms in total. The first kappa shape index (κ1) is 21.0. The van der Waals surface area contributed by atoms with E-state index in [4.69, 9.17) is 19.2 Å². The Bertz CT molecular complexity index is 1440. The van der Waals surface area contributed by atoms with Gasteiger partial charge in [-0.3, -0.25) is 4.79 Å². The second kappa shape index (κ2) is 8.55. The van der Waals surface area contributed by atoms with E-state index in [0.29, 0.717) is 17.2 Å². The molecule has 0 saturated heterocycles. The minimum atomic E-state index is -0.171. The summed E-state index contributed by atoms with van der Waals surface area (Å²) in [6, 6.07) is 17.5. The highest BCUT2D eigenvalue weighted by atomic mass is 32.1. The van der Waals surface area contributed by atoms with E-state index >= 15 is 0 Å². The number of nitrogens with zero attached hydrogens (tertiary/aromatic N) is 3. The van der Waals surface area contributed by atoms with Crippen LogP contribution in [0.3, 0.4) is 0 Å². The van der Waals surface area contributed by atoms with Gasteiger partial charge in [0, 0.05) is 10.9 Å². The Morgan fingerprint density at radius 2 is 1.91 bits per heavy atom. The molecule has 5 rings (SSSR count). The molecular formula is C25H22N4O3S. The van der Waals surface area contributed by atoms with Crippen LogP contribution in [0.4, 0.5) is 11.4 Å². The average molecular weight is 459 g/mol. The van der Waals surface area contributed by atoms with Gasteiger partial charge < -0.3 is 14.5 Å². The molecule has 166 valence electrons. The molecule has 0 spiro atoms. The normalized spacial score (nSPS) is 14.1. The number of benzene rings is 2. The van der Waals surface area contributed by atoms with E-state index < -0.39 is 0 Å². The molecule has 8 heteroatoms. The molecule has 0 aliphatic carbocycles. The summed E-state index contributed by atoms with van der Waals surface area (Å²) in [6.45, 7) is 5.88. The first-order chi connectivity index (χ1) is 16.0. The summed E-state index contributed by atoms with van der Waals surface area (Å²) in [4.78, 5) is 17.3. The Kier molecular flexibility index (Phi) is 5.43. The Morgan fingerprint density at radius 3 is 2.67 bits per heavy atom. The number of aromatic nitrogens is 1. The molecule has 1 aliphatic rings. The van der Waals surface area contributed by atoms with E-state index in [-0.39, 0.29) is 12.5 Å². The van der Waals surface area contributed by atoms with Crippen molar-refractivity contribution in [1.82, 2.24) is 4.68 Å². The highest BCUT2D eigenvalue weighted by Crippen LogP contribution is 2.33. The van der Waals surface area contributed by atoms with Crippen molar-refractivity contribution in [1.29, 1.82) is 0 Å². The number of amides is 1. The maximum atomic E-state index is 11.8. The number of furan rings is 1. The number of anilines is 1. The summed E-state index contributed by atoms with van der Waals surface area (Å²) < 4.78 is 13.1. The van der Waals surface area contributed by atoms with Gasteiger partial charge in [0.15, 0.2) is 6.61 Å². The number of hydrogen-bond donors (Lipinski definition) is 1. The molecule has 0 atom stereocenters. The number of fused-ring (bicyclic) bond motifs is 1. The molecule has 0 bridgehead atoms. The summed E-state index contributed by atoms with van der Waals surface area (Å²) >= 11 is 1.49. The van der Waals surface area contributed by atoms with E-state index in [0.717, 1.165) is 33.2 Å². The second-order valence-electron chi connectivity index (χ2n) is 7.81. The van der Waals surface area contributed by atoms with E-state index in [1.165, 1.54) is 16.9 Å². The molecule has 3 heterocycles. The van der Waals surface area contributed by atoms with Gasteiger partial charge in [0.2, 0.25) is 4.80 Å². The van der Waals surface area contributed by atoms with Gasteiger partial charge in [-0.05, 0) is 63.2 Å². The quantitative estimate of drug-likeness (QED) is 0.424. The standard InChI is InChI=1S/C25H22N4O3S/c1-15-4-8-19(9-5-15)26-25-29(28-17(3)22-10-6-16(2)32-22)21(14-33-25)18-7-11-23-20(12-18)27-24(30)13-31-23/h4-12,14H,13H2,1-3H3,(H,27,30). The van der Waals surface area contributed by atoms with Gasteiger partial charge in [-0.1, -0.05) is 17.7 Å². The zero-order valence-corrected chi connectivity index (χ0v) is 19.3. The Labute approximate surface area is 194 Å². The monoisotopic (exact) mass is 458 g/mol. The fourth-order valence-electron chi connectivity index (χ4n) is 3.47. The molecule has 0 fully saturated rings. The molecular weight excluding hydrogens is 436 g/mol. The van der Waals surface area contributed by atoms with E-state index in [1.54, 1.807) is 0 Å². The zero-order chi connectivity index (χ0) is 22.9. The van der Waals surface area contributed by atoms with Crippen LogP contribution in [0.2, 0.25) is 0 Å². The fourth-order valence-corrected chi connectivity index (χ4v) is 4.32. The number of carbonyl (C=O) groups is 1. The number of aryl methyl sites for hydroxylation is 2. The lowest BCUT2D eigenvalue weighted by Gasteiger charge is -2.18. The van der Waals surface area contributed by atoms with Crippen LogP contribution >= 0.6 is 11.3 Å².